The van der Waals surface area contributed by atoms with Crippen molar-refractivity contribution in [2.45, 2.75) is 124 Å². The summed E-state index contributed by atoms with van der Waals surface area (Å²) in [7, 11) is 0. The third kappa shape index (κ3) is 15.6. The summed E-state index contributed by atoms with van der Waals surface area (Å²) in [6.07, 6.45) is 10.4. The van der Waals surface area contributed by atoms with Crippen molar-refractivity contribution in [1.82, 2.24) is 45.3 Å². The van der Waals surface area contributed by atoms with Crippen LogP contribution in [0.1, 0.15) is 111 Å². The number of unbranched alkanes of at least 4 members (excludes halogenated alkanes) is 5. The molecule has 5 amide bonds. The monoisotopic (exact) mass is 1080 g/mol. The first kappa shape index (κ1) is 56.8. The van der Waals surface area contributed by atoms with E-state index in [2.05, 4.69) is 46.1 Å². The molecule has 2 unspecified atom stereocenters. The van der Waals surface area contributed by atoms with Crippen LogP contribution in [-0.2, 0) is 32.3 Å². The highest BCUT2D eigenvalue weighted by Gasteiger charge is 2.44. The van der Waals surface area contributed by atoms with Crippen LogP contribution in [0, 0.1) is 19.3 Å². The van der Waals surface area contributed by atoms with Gasteiger partial charge in [-0.25, -0.2) is 15.0 Å². The normalized spacial score (nSPS) is 16.1. The van der Waals surface area contributed by atoms with Crippen LogP contribution in [0.15, 0.2) is 109 Å². The summed E-state index contributed by atoms with van der Waals surface area (Å²) < 4.78 is 0. The second-order valence-corrected chi connectivity index (χ2v) is 22.4. The van der Waals surface area contributed by atoms with E-state index in [0.29, 0.717) is 43.1 Å². The lowest BCUT2D eigenvalue weighted by atomic mass is 9.85. The van der Waals surface area contributed by atoms with E-state index in [0.717, 1.165) is 102 Å². The van der Waals surface area contributed by atoms with Gasteiger partial charge in [0.1, 0.15) is 12.1 Å². The first-order chi connectivity index (χ1) is 37.6. The van der Waals surface area contributed by atoms with Crippen LogP contribution in [0.5, 0.6) is 0 Å². The molecule has 2 aliphatic rings. The second kappa shape index (κ2) is 26.8. The fraction of sp³-hybridized carbons (Fsp3) is 0.417. The van der Waals surface area contributed by atoms with E-state index in [1.165, 1.54) is 4.90 Å². The lowest BCUT2D eigenvalue weighted by molar-refractivity contribution is -0.144. The molecule has 2 saturated heterocycles. The number of piperazine rings is 1. The Hall–Kier alpha value is -7.41. The van der Waals surface area contributed by atoms with Gasteiger partial charge in [-0.1, -0.05) is 88.9 Å². The van der Waals surface area contributed by atoms with E-state index >= 15 is 0 Å². The molecular formula is C60H73N11O6S. The standard InChI is InChI=1S/C60H73N11O6S/c1-40-16-25-47(33-50(40)67-59-62-28-26-49(66-59)46-13-12-27-61-36-46)65-56(75)45-23-19-43(20-24-45)37-69-29-31-70(32-30-69)53(74)15-11-9-7-6-8-10-14-52(73)68-55(60(3,4)5)58(77)71-38-48(72)34-51(71)57(76)63-35-42-17-21-44(22-18-42)54-41(2)64-39-78-54/h12-13,16-28,33,36,39,48,51,55,72H,6-11,14-15,29-32,34-35,37-38H2,1-5H3,(H,63,76)(H,65,75)(H,68,73)(H,62,66,67)/t48?,51?,55-/m1/s1. The number of pyridine rings is 1. The number of aliphatic hydroxyl groups excluding tert-OH is 1. The number of carbonyl (C=O) groups excluding carboxylic acids is 5. The highest BCUT2D eigenvalue weighted by atomic mass is 32.1. The molecule has 78 heavy (non-hydrogen) atoms. The van der Waals surface area contributed by atoms with Crippen LogP contribution < -0.4 is 21.3 Å². The fourth-order valence-electron chi connectivity index (χ4n) is 9.87. The number of aliphatic hydroxyl groups is 1. The Morgan fingerprint density at radius 2 is 1.51 bits per heavy atom. The predicted molar refractivity (Wildman–Crippen MR) is 305 cm³/mol. The zero-order valence-corrected chi connectivity index (χ0v) is 46.3. The molecule has 6 aromatic rings. The molecule has 17 nitrogen and oxygen atoms in total. The van der Waals surface area contributed by atoms with Crippen LogP contribution in [-0.4, -0.2) is 120 Å². The third-order valence-corrected chi connectivity index (χ3v) is 15.4. The molecule has 5 N–H and O–H groups in total. The molecule has 0 saturated carbocycles. The van der Waals surface area contributed by atoms with Gasteiger partial charge >= 0.3 is 0 Å². The summed E-state index contributed by atoms with van der Waals surface area (Å²) in [5.74, 6) is -0.523. The number of hydrogen-bond acceptors (Lipinski definition) is 13. The molecule has 3 aromatic heterocycles. The van der Waals surface area contributed by atoms with Crippen molar-refractivity contribution in [2.24, 2.45) is 5.41 Å². The quantitative estimate of drug-likeness (QED) is 0.0403. The van der Waals surface area contributed by atoms with Gasteiger partial charge in [0.25, 0.3) is 5.91 Å². The SMILES string of the molecule is Cc1ccc(NC(=O)c2ccc(CN3CCN(C(=O)CCCCCCCCC(=O)N[C@H](C(=O)N4CC(O)CC4C(=O)NCc4ccc(-c5scnc5C)cc4)C(C)(C)C)CC3)cc2)cc1Nc1nccc(-c2cccnc2)n1. The molecule has 0 bridgehead atoms. The number of carbonyl (C=O) groups is 5. The Balaban J connectivity index is 0.686. The Labute approximate surface area is 461 Å². The molecule has 5 heterocycles. The average molecular weight is 1080 g/mol. The van der Waals surface area contributed by atoms with E-state index < -0.39 is 23.6 Å². The number of β-amino-alcohol motifs (C(OH)–C–C–N with tert-alkyl or cyclic N) is 1. The van der Waals surface area contributed by atoms with Gasteiger partial charge in [-0.05, 0) is 96.8 Å². The number of anilines is 3. The van der Waals surface area contributed by atoms with Crippen molar-refractivity contribution in [3.05, 3.63) is 137 Å². The molecule has 0 spiro atoms. The minimum atomic E-state index is -0.871. The van der Waals surface area contributed by atoms with Crippen molar-refractivity contribution >= 4 is 58.2 Å². The van der Waals surface area contributed by atoms with Gasteiger partial charge in [0, 0.05) is 106 Å². The van der Waals surface area contributed by atoms with Crippen LogP contribution in [0.3, 0.4) is 0 Å². The summed E-state index contributed by atoms with van der Waals surface area (Å²) in [5.41, 5.74) is 9.80. The number of aryl methyl sites for hydroxylation is 2. The van der Waals surface area contributed by atoms with Crippen molar-refractivity contribution in [1.29, 1.82) is 0 Å². The summed E-state index contributed by atoms with van der Waals surface area (Å²) in [5, 5.41) is 22.8. The first-order valence-corrected chi connectivity index (χ1v) is 28.0. The largest absolute Gasteiger partial charge is 0.391 e. The lowest BCUT2D eigenvalue weighted by Crippen LogP contribution is -2.57. The van der Waals surface area contributed by atoms with Gasteiger partial charge in [-0.3, -0.25) is 33.9 Å². The molecule has 0 aliphatic carbocycles. The van der Waals surface area contributed by atoms with Crippen LogP contribution in [0.2, 0.25) is 0 Å². The minimum Gasteiger partial charge on any atom is -0.391 e. The molecule has 3 aromatic carbocycles. The highest BCUT2D eigenvalue weighted by Crippen LogP contribution is 2.30. The number of nitrogens with one attached hydrogen (secondary N) is 4. The molecule has 2 aliphatic heterocycles. The summed E-state index contributed by atoms with van der Waals surface area (Å²) in [6, 6.07) is 25.2. The predicted octanol–water partition coefficient (Wildman–Crippen LogP) is 8.85. The van der Waals surface area contributed by atoms with E-state index in [4.69, 9.17) is 0 Å². The highest BCUT2D eigenvalue weighted by molar-refractivity contribution is 7.13. The molecule has 8 rings (SSSR count). The van der Waals surface area contributed by atoms with Gasteiger partial charge in [0.05, 0.1) is 27.9 Å². The molecule has 3 atom stereocenters. The zero-order valence-electron chi connectivity index (χ0n) is 45.5. The maximum absolute atomic E-state index is 14.1. The molecule has 410 valence electrons. The number of benzene rings is 3. The molecule has 2 fully saturated rings. The van der Waals surface area contributed by atoms with Gasteiger partial charge in [-0.2, -0.15) is 0 Å². The minimum absolute atomic E-state index is 0.0205. The summed E-state index contributed by atoms with van der Waals surface area (Å²) in [6.45, 7) is 13.5. The van der Waals surface area contributed by atoms with Gasteiger partial charge in [0.2, 0.25) is 29.6 Å². The van der Waals surface area contributed by atoms with Crippen molar-refractivity contribution < 1.29 is 29.1 Å². The topological polar surface area (TPSA) is 215 Å². The number of hydrogen-bond donors (Lipinski definition) is 5. The van der Waals surface area contributed by atoms with Crippen LogP contribution in [0.25, 0.3) is 21.7 Å². The van der Waals surface area contributed by atoms with Crippen LogP contribution >= 0.6 is 11.3 Å². The van der Waals surface area contributed by atoms with E-state index in [9.17, 15) is 29.1 Å². The number of aromatic nitrogens is 4. The molecule has 18 heteroatoms. The molecule has 0 radical (unpaired) electrons. The maximum Gasteiger partial charge on any atom is 0.255 e. The number of nitrogens with zero attached hydrogens (tertiary/aromatic N) is 7. The van der Waals surface area contributed by atoms with Crippen molar-refractivity contribution in [3.63, 3.8) is 0 Å². The summed E-state index contributed by atoms with van der Waals surface area (Å²) >= 11 is 1.58. The smallest absolute Gasteiger partial charge is 0.255 e. The molecular weight excluding hydrogens is 1000 g/mol. The zero-order chi connectivity index (χ0) is 55.2. The lowest BCUT2D eigenvalue weighted by Gasteiger charge is -2.35. The number of rotatable bonds is 22. The third-order valence-electron chi connectivity index (χ3n) is 14.5. The Morgan fingerprint density at radius 3 is 2.21 bits per heavy atom. The van der Waals surface area contributed by atoms with Gasteiger partial charge in [-0.15, -0.1) is 11.3 Å². The van der Waals surface area contributed by atoms with E-state index in [1.807, 2.05) is 130 Å². The van der Waals surface area contributed by atoms with E-state index in [1.54, 1.807) is 29.9 Å². The Kier molecular flexibility index (Phi) is 19.5. The Morgan fingerprint density at radius 1 is 0.795 bits per heavy atom. The van der Waals surface area contributed by atoms with Gasteiger partial charge < -0.3 is 36.2 Å². The van der Waals surface area contributed by atoms with Crippen molar-refractivity contribution in [3.8, 4) is 21.7 Å². The number of thiazole rings is 1. The average Bonchev–Trinajstić information content (AvgIpc) is 4.07. The number of likely N-dealkylation sites (tertiary alicyclic amines) is 1. The first-order valence-electron chi connectivity index (χ1n) is 27.1. The second-order valence-electron chi connectivity index (χ2n) is 21.5. The maximum atomic E-state index is 14.1. The van der Waals surface area contributed by atoms with Crippen molar-refractivity contribution in [2.75, 3.05) is 43.4 Å². The summed E-state index contributed by atoms with van der Waals surface area (Å²) in [4.78, 5) is 91.6. The number of amides is 5. The Bertz CT molecular complexity index is 2990. The van der Waals surface area contributed by atoms with E-state index in [-0.39, 0.29) is 55.5 Å². The van der Waals surface area contributed by atoms with Gasteiger partial charge in [0.15, 0.2) is 0 Å². The van der Waals surface area contributed by atoms with Crippen LogP contribution in [0.4, 0.5) is 17.3 Å². The fourth-order valence-corrected chi connectivity index (χ4v) is 10.7.